The smallest absolute Gasteiger partial charge is 0.325 e. The predicted octanol–water partition coefficient (Wildman–Crippen LogP) is 3.64. The topological polar surface area (TPSA) is 38.9 Å². The maximum Gasteiger partial charge on any atom is 0.413 e. The number of nitrogens with two attached hydrogens (primary N) is 1. The molecule has 0 bridgehead atoms. The van der Waals surface area contributed by atoms with Crippen molar-refractivity contribution in [3.63, 3.8) is 0 Å². The largest absolute Gasteiger partial charge is 0.413 e. The van der Waals surface area contributed by atoms with Crippen molar-refractivity contribution in [2.75, 3.05) is 0 Å². The number of rotatable bonds is 2. The van der Waals surface area contributed by atoms with E-state index in [4.69, 9.17) is 5.73 Å². The summed E-state index contributed by atoms with van der Waals surface area (Å²) >= 11 is 0. The first kappa shape index (κ1) is 14.6. The van der Waals surface area contributed by atoms with Gasteiger partial charge in [0.25, 0.3) is 0 Å². The Kier molecular flexibility index (Phi) is 3.89. The Hall–Kier alpha value is -1.76. The number of aromatic nitrogens is 1. The quantitative estimate of drug-likeness (QED) is 0.844. The van der Waals surface area contributed by atoms with Crippen LogP contribution >= 0.6 is 0 Å². The van der Waals surface area contributed by atoms with Gasteiger partial charge in [0.2, 0.25) is 0 Å². The van der Waals surface area contributed by atoms with Crippen molar-refractivity contribution >= 4 is 5.57 Å². The molecule has 0 saturated carbocycles. The van der Waals surface area contributed by atoms with Crippen LogP contribution in [0.2, 0.25) is 0 Å². The van der Waals surface area contributed by atoms with Gasteiger partial charge in [-0.3, -0.25) is 4.98 Å². The van der Waals surface area contributed by atoms with E-state index in [9.17, 15) is 22.0 Å². The maximum atomic E-state index is 13.8. The number of nitrogens with zero attached hydrogens (tertiary/aromatic N) is 1. The highest BCUT2D eigenvalue weighted by Gasteiger charge is 2.38. The van der Waals surface area contributed by atoms with Crippen LogP contribution in [0, 0.1) is 5.82 Å². The lowest BCUT2D eigenvalue weighted by atomic mass is 9.91. The van der Waals surface area contributed by atoms with Crippen LogP contribution in [0.3, 0.4) is 0 Å². The van der Waals surface area contributed by atoms with Crippen LogP contribution in [0.25, 0.3) is 5.57 Å². The summed E-state index contributed by atoms with van der Waals surface area (Å²) in [7, 11) is 0. The van der Waals surface area contributed by atoms with E-state index in [-0.39, 0.29) is 30.6 Å². The number of halogens is 5. The zero-order valence-electron chi connectivity index (χ0n) is 10.3. The Bertz CT molecular complexity index is 587. The summed E-state index contributed by atoms with van der Waals surface area (Å²) in [5.74, 6) is -1.86. The molecule has 0 fully saturated rings. The molecule has 0 atom stereocenters. The average Bonchev–Trinajstić information content (AvgIpc) is 2.37. The van der Waals surface area contributed by atoms with Crippen LogP contribution in [0.15, 0.2) is 29.7 Å². The fourth-order valence-corrected chi connectivity index (χ4v) is 2.06. The first-order valence-corrected chi connectivity index (χ1v) is 5.86. The minimum atomic E-state index is -4.66. The Labute approximate surface area is 111 Å². The van der Waals surface area contributed by atoms with Gasteiger partial charge in [-0.2, -0.15) is 13.2 Å². The Morgan fingerprint density at radius 1 is 1.25 bits per heavy atom. The molecule has 7 heteroatoms. The maximum absolute atomic E-state index is 13.8. The number of alkyl halides is 3. The molecule has 0 radical (unpaired) electrons. The second kappa shape index (κ2) is 5.32. The zero-order chi connectivity index (χ0) is 14.9. The molecule has 2 rings (SSSR count). The lowest BCUT2D eigenvalue weighted by molar-refractivity contribution is -0.0935. The van der Waals surface area contributed by atoms with Crippen LogP contribution in [0.5, 0.6) is 0 Å². The van der Waals surface area contributed by atoms with Crippen molar-refractivity contribution in [1.29, 1.82) is 0 Å². The van der Waals surface area contributed by atoms with Gasteiger partial charge in [-0.05, 0) is 25.0 Å². The highest BCUT2D eigenvalue weighted by Crippen LogP contribution is 2.42. The van der Waals surface area contributed by atoms with Crippen molar-refractivity contribution in [2.24, 2.45) is 5.73 Å². The molecule has 0 amide bonds. The lowest BCUT2D eigenvalue weighted by Gasteiger charge is -2.20. The Morgan fingerprint density at radius 3 is 2.50 bits per heavy atom. The molecule has 1 aliphatic carbocycles. The molecule has 1 aromatic rings. The van der Waals surface area contributed by atoms with Crippen molar-refractivity contribution in [2.45, 2.75) is 25.6 Å². The van der Waals surface area contributed by atoms with E-state index in [0.717, 1.165) is 18.3 Å². The minimum absolute atomic E-state index is 0.0407. The fraction of sp³-hybridized carbons (Fsp3) is 0.308. The summed E-state index contributed by atoms with van der Waals surface area (Å²) in [5.41, 5.74) is 3.27. The number of pyridine rings is 1. The summed E-state index contributed by atoms with van der Waals surface area (Å²) in [4.78, 5) is 3.63. The molecule has 2 nitrogen and oxygen atoms in total. The monoisotopic (exact) mass is 290 g/mol. The van der Waals surface area contributed by atoms with Crippen LogP contribution in [-0.2, 0) is 6.54 Å². The van der Waals surface area contributed by atoms with Gasteiger partial charge >= 0.3 is 6.18 Å². The highest BCUT2D eigenvalue weighted by atomic mass is 19.4. The fourth-order valence-electron chi connectivity index (χ4n) is 2.06. The Morgan fingerprint density at radius 2 is 1.95 bits per heavy atom. The molecule has 0 aromatic carbocycles. The van der Waals surface area contributed by atoms with E-state index in [1.807, 2.05) is 0 Å². The van der Waals surface area contributed by atoms with E-state index in [1.165, 1.54) is 0 Å². The highest BCUT2D eigenvalue weighted by molar-refractivity contribution is 5.81. The summed E-state index contributed by atoms with van der Waals surface area (Å²) in [5, 5.41) is 0. The van der Waals surface area contributed by atoms with E-state index in [1.54, 1.807) is 0 Å². The molecule has 0 aliphatic heterocycles. The van der Waals surface area contributed by atoms with E-state index >= 15 is 0 Å². The molecule has 20 heavy (non-hydrogen) atoms. The van der Waals surface area contributed by atoms with Crippen LogP contribution < -0.4 is 5.73 Å². The van der Waals surface area contributed by atoms with Crippen molar-refractivity contribution in [1.82, 2.24) is 4.98 Å². The standard InChI is InChI=1S/C13H11F5N2/c14-9-3-1-2-8(13(16,17)18)12(9)7-4-10(15)11(5-19)20-6-7/h3-4,6H,1-2,5,19H2. The molecule has 0 spiro atoms. The molecule has 0 saturated heterocycles. The summed E-state index contributed by atoms with van der Waals surface area (Å²) in [6.45, 7) is -0.185. The normalized spacial score (nSPS) is 16.4. The molecule has 1 heterocycles. The van der Waals surface area contributed by atoms with Gasteiger partial charge in [0, 0.05) is 29.5 Å². The van der Waals surface area contributed by atoms with Crippen molar-refractivity contribution in [3.8, 4) is 0 Å². The predicted molar refractivity (Wildman–Crippen MR) is 63.5 cm³/mol. The summed E-state index contributed by atoms with van der Waals surface area (Å²) in [6, 6.07) is 0.828. The first-order valence-electron chi connectivity index (χ1n) is 5.86. The van der Waals surface area contributed by atoms with Crippen LogP contribution in [0.4, 0.5) is 22.0 Å². The molecular formula is C13H11F5N2. The van der Waals surface area contributed by atoms with Gasteiger partial charge in [-0.1, -0.05) is 0 Å². The molecular weight excluding hydrogens is 279 g/mol. The SMILES string of the molecule is NCc1ncc(C2=C(C(F)(F)F)CCC=C2F)cc1F. The Balaban J connectivity index is 2.59. The second-order valence-corrected chi connectivity index (χ2v) is 4.30. The van der Waals surface area contributed by atoms with Crippen LogP contribution in [-0.4, -0.2) is 11.2 Å². The third kappa shape index (κ3) is 2.72. The van der Waals surface area contributed by atoms with Crippen molar-refractivity contribution < 1.29 is 22.0 Å². The van der Waals surface area contributed by atoms with E-state index in [2.05, 4.69) is 4.98 Å². The molecule has 2 N–H and O–H groups in total. The first-order chi connectivity index (χ1) is 9.34. The molecule has 1 aromatic heterocycles. The minimum Gasteiger partial charge on any atom is -0.325 e. The molecule has 0 unspecified atom stereocenters. The average molecular weight is 290 g/mol. The van der Waals surface area contributed by atoms with E-state index < -0.39 is 29.0 Å². The van der Waals surface area contributed by atoms with Crippen molar-refractivity contribution in [3.05, 3.63) is 46.8 Å². The van der Waals surface area contributed by atoms with Gasteiger partial charge in [-0.25, -0.2) is 8.78 Å². The zero-order valence-corrected chi connectivity index (χ0v) is 10.3. The lowest BCUT2D eigenvalue weighted by Crippen LogP contribution is -2.17. The molecule has 1 aliphatic rings. The van der Waals surface area contributed by atoms with Gasteiger partial charge < -0.3 is 5.73 Å². The molecule has 108 valence electrons. The van der Waals surface area contributed by atoms with E-state index in [0.29, 0.717) is 0 Å². The van der Waals surface area contributed by atoms with Gasteiger partial charge in [0.05, 0.1) is 5.69 Å². The number of hydrogen-bond acceptors (Lipinski definition) is 2. The number of hydrogen-bond donors (Lipinski definition) is 1. The van der Waals surface area contributed by atoms with Crippen LogP contribution in [0.1, 0.15) is 24.1 Å². The third-order valence-electron chi connectivity index (χ3n) is 3.00. The van der Waals surface area contributed by atoms with Gasteiger partial charge in [0.15, 0.2) is 0 Å². The second-order valence-electron chi connectivity index (χ2n) is 4.30. The van der Waals surface area contributed by atoms with Gasteiger partial charge in [-0.15, -0.1) is 0 Å². The summed E-state index contributed by atoms with van der Waals surface area (Å²) < 4.78 is 66.1. The summed E-state index contributed by atoms with van der Waals surface area (Å²) in [6.07, 6.45) is -2.98. The number of allylic oxidation sites excluding steroid dienone is 4. The van der Waals surface area contributed by atoms with Gasteiger partial charge in [0.1, 0.15) is 11.6 Å². The third-order valence-corrected chi connectivity index (χ3v) is 3.00.